The molecule has 0 bridgehead atoms. The lowest BCUT2D eigenvalue weighted by atomic mass is 9.33. The van der Waals surface area contributed by atoms with Crippen molar-refractivity contribution in [1.82, 2.24) is 0 Å². The van der Waals surface area contributed by atoms with E-state index in [1.807, 2.05) is 0 Å². The Morgan fingerprint density at radius 3 is 2.09 bits per heavy atom. The molecule has 3 saturated heterocycles. The minimum absolute atomic E-state index is 0.00419. The van der Waals surface area contributed by atoms with Gasteiger partial charge in [0, 0.05) is 6.08 Å². The van der Waals surface area contributed by atoms with Gasteiger partial charge in [-0.05, 0) is 126 Å². The molecule has 3 aliphatic heterocycles. The molecule has 0 unspecified atom stereocenters. The first-order valence-electron chi connectivity index (χ1n) is 27.2. The Morgan fingerprint density at radius 2 is 1.42 bits per heavy atom. The first-order valence-corrected chi connectivity index (χ1v) is 27.2. The Hall–Kier alpha value is -3.65. The molecule has 77 heavy (non-hydrogen) atoms. The van der Waals surface area contributed by atoms with Crippen LogP contribution >= 0.6 is 0 Å². The third-order valence-electron chi connectivity index (χ3n) is 20.4. The number of aliphatic hydroxyl groups excluding tert-OH is 9. The van der Waals surface area contributed by atoms with Crippen molar-refractivity contribution in [2.75, 3.05) is 13.2 Å². The van der Waals surface area contributed by atoms with E-state index in [-0.39, 0.29) is 41.3 Å². The number of benzene rings is 1. The maximum absolute atomic E-state index is 15.2. The number of fused-ring (bicyclic) bond motifs is 7. The van der Waals surface area contributed by atoms with Crippen LogP contribution in [0, 0.1) is 50.2 Å². The summed E-state index contributed by atoms with van der Waals surface area (Å²) in [5, 5.41) is 118. The average molecular weight is 1090 g/mol. The van der Waals surface area contributed by atoms with E-state index in [0.717, 1.165) is 18.1 Å². The molecule has 4 saturated carbocycles. The highest BCUT2D eigenvalue weighted by molar-refractivity contribution is 5.87. The number of hydrogen-bond acceptors (Lipinski definition) is 20. The summed E-state index contributed by atoms with van der Waals surface area (Å²) in [4.78, 5) is 40.7. The van der Waals surface area contributed by atoms with E-state index in [0.29, 0.717) is 44.1 Å². The van der Waals surface area contributed by atoms with E-state index in [9.17, 15) is 65.8 Å². The lowest BCUT2D eigenvalue weighted by Crippen LogP contribution is -2.68. The van der Waals surface area contributed by atoms with Crippen LogP contribution in [0.2, 0.25) is 0 Å². The third-order valence-corrected chi connectivity index (χ3v) is 20.4. The molecule has 1 aromatic carbocycles. The molecule has 21 nitrogen and oxygen atoms in total. The summed E-state index contributed by atoms with van der Waals surface area (Å²) in [5.41, 5.74) is -2.01. The van der Waals surface area contributed by atoms with Gasteiger partial charge in [0.15, 0.2) is 24.8 Å². The molecular formula is C56H80O21. The molecule has 23 atom stereocenters. The molecule has 9 rings (SSSR count). The SMILES string of the molecule is CC1(C)CC[C@]2(C(=O)O[C@@H]3OC[C@H](O)[C@H](O)[C@H]3OC(=O)/C=C/c3ccc(O)cc3)[C@@H](O)C[C@@]3(C)C(=CC[C@H]4[C@]5(C)CC[C@@H](O[C@@H]6O[C@@H](C(=O)O)[C@@H](O)[C@H](O)[C@H]6O[C@H]6O[C@H](CO)[C@@H](O)[C@@H](O)[C@@H]6O)C(C)(C)[C@@H]5CC[C@]43C)[C@@H]2C1. The molecule has 0 amide bonds. The number of ether oxygens (including phenoxy) is 7. The van der Waals surface area contributed by atoms with E-state index < -0.39 is 157 Å². The minimum Gasteiger partial charge on any atom is -0.508 e. The smallest absolute Gasteiger partial charge is 0.335 e. The van der Waals surface area contributed by atoms with Gasteiger partial charge in [0.1, 0.15) is 66.1 Å². The van der Waals surface area contributed by atoms with Crippen molar-refractivity contribution >= 4 is 24.0 Å². The number of hydrogen-bond donors (Lipinski definition) is 11. The van der Waals surface area contributed by atoms with Crippen molar-refractivity contribution in [2.24, 2.45) is 50.2 Å². The first kappa shape index (κ1) is 58.0. The monoisotopic (exact) mass is 1090 g/mol. The Kier molecular flexibility index (Phi) is 15.8. The van der Waals surface area contributed by atoms with E-state index in [2.05, 4.69) is 54.5 Å². The van der Waals surface area contributed by atoms with Crippen molar-refractivity contribution in [3.8, 4) is 5.75 Å². The van der Waals surface area contributed by atoms with Crippen LogP contribution in [-0.2, 0) is 47.5 Å². The highest BCUT2D eigenvalue weighted by atomic mass is 16.8. The standard InChI is InChI=1S/C56H80O21/c1-51(2)20-21-56(50(70)77-48-44(37(62)30(59)25-71-48)74-36(61)15-10-26-8-11-27(58)12-9-26)29(22-51)28-13-14-33-53(5)18-17-35(52(3,4)32(53)16-19-54(33,6)55(28,7)23-34(56)60)73-49-45(41(66)40(65)43(75-49)46(68)69)76-47-42(67)39(64)38(63)31(24-57)72-47/h8-13,15,29-35,37-45,47-49,57-60,62-67H,14,16-25H2,1-7H3,(H,68,69)/b15-10+/t29-,30-,31+,32-,33-,34-,35+,37-,38+,39+,40-,41-,42-,43+,44+,45+,47+,48-,49+,53+,54+,55-,56+/m0/s1. The van der Waals surface area contributed by atoms with Crippen LogP contribution in [0.1, 0.15) is 112 Å². The van der Waals surface area contributed by atoms with Crippen LogP contribution in [0.3, 0.4) is 0 Å². The fraction of sp³-hybridized carbons (Fsp3) is 0.768. The van der Waals surface area contributed by atoms with E-state index in [1.165, 1.54) is 18.2 Å². The number of carboxylic acid groups (broad SMARTS) is 1. The van der Waals surface area contributed by atoms with Crippen molar-refractivity contribution < 1.29 is 104 Å². The van der Waals surface area contributed by atoms with E-state index >= 15 is 4.79 Å². The van der Waals surface area contributed by atoms with Crippen LogP contribution < -0.4 is 0 Å². The zero-order valence-electron chi connectivity index (χ0n) is 44.8. The molecular weight excluding hydrogens is 1010 g/mol. The van der Waals surface area contributed by atoms with Crippen LogP contribution in [0.4, 0.5) is 0 Å². The highest BCUT2D eigenvalue weighted by Crippen LogP contribution is 2.76. The minimum atomic E-state index is -2.01. The lowest BCUT2D eigenvalue weighted by Gasteiger charge is -2.71. The molecule has 1 aromatic rings. The van der Waals surface area contributed by atoms with Gasteiger partial charge in [-0.25, -0.2) is 9.59 Å². The summed E-state index contributed by atoms with van der Waals surface area (Å²) < 4.78 is 41.7. The molecule has 0 aromatic heterocycles. The number of phenolic OH excluding ortho intramolecular Hbond substituents is 1. The van der Waals surface area contributed by atoms with Crippen LogP contribution in [0.5, 0.6) is 5.75 Å². The number of phenols is 1. The number of esters is 2. The summed E-state index contributed by atoms with van der Waals surface area (Å²) in [5.74, 6) is -3.60. The number of allylic oxidation sites excluding steroid dienone is 2. The molecule has 0 spiro atoms. The van der Waals surface area contributed by atoms with Crippen molar-refractivity contribution in [2.45, 2.75) is 204 Å². The molecule has 11 N–H and O–H groups in total. The zero-order valence-corrected chi connectivity index (χ0v) is 44.8. The fourth-order valence-electron chi connectivity index (χ4n) is 15.9. The molecule has 21 heteroatoms. The van der Waals surface area contributed by atoms with Gasteiger partial charge in [0.2, 0.25) is 6.29 Å². The number of carboxylic acids is 1. The number of carbonyl (C=O) groups excluding carboxylic acids is 2. The van der Waals surface area contributed by atoms with Gasteiger partial charge >= 0.3 is 17.9 Å². The molecule has 8 aliphatic rings. The van der Waals surface area contributed by atoms with E-state index in [1.54, 1.807) is 12.1 Å². The quantitative estimate of drug-likeness (QED) is 0.0651. The molecule has 5 aliphatic carbocycles. The van der Waals surface area contributed by atoms with Gasteiger partial charge in [-0.1, -0.05) is 72.2 Å². The summed E-state index contributed by atoms with van der Waals surface area (Å²) >= 11 is 0. The second kappa shape index (κ2) is 21.0. The van der Waals surface area contributed by atoms with Gasteiger partial charge in [-0.2, -0.15) is 0 Å². The van der Waals surface area contributed by atoms with Crippen molar-refractivity contribution in [1.29, 1.82) is 0 Å². The topological polar surface area (TPSA) is 338 Å². The fourth-order valence-corrected chi connectivity index (χ4v) is 15.9. The Labute approximate surface area is 447 Å². The Bertz CT molecular complexity index is 2410. The second-order valence-corrected chi connectivity index (χ2v) is 25.5. The van der Waals surface area contributed by atoms with Crippen LogP contribution in [0.25, 0.3) is 6.08 Å². The third kappa shape index (κ3) is 9.78. The molecule has 7 fully saturated rings. The van der Waals surface area contributed by atoms with Gasteiger partial charge in [0.25, 0.3) is 0 Å². The van der Waals surface area contributed by atoms with Gasteiger partial charge in [0.05, 0.1) is 25.4 Å². The van der Waals surface area contributed by atoms with Crippen LogP contribution in [0.15, 0.2) is 42.0 Å². The number of aromatic hydroxyl groups is 1. The Morgan fingerprint density at radius 1 is 0.714 bits per heavy atom. The normalized spacial score (nSPS) is 47.3. The number of rotatable bonds is 11. The largest absolute Gasteiger partial charge is 0.508 e. The maximum atomic E-state index is 15.2. The van der Waals surface area contributed by atoms with Crippen molar-refractivity contribution in [3.05, 3.63) is 47.6 Å². The predicted octanol–water partition coefficient (Wildman–Crippen LogP) is 1.81. The maximum Gasteiger partial charge on any atom is 0.335 e. The van der Waals surface area contributed by atoms with Crippen molar-refractivity contribution in [3.63, 3.8) is 0 Å². The van der Waals surface area contributed by atoms with Gasteiger partial charge < -0.3 is 89.3 Å². The lowest BCUT2D eigenvalue weighted by molar-refractivity contribution is -0.374. The van der Waals surface area contributed by atoms with Gasteiger partial charge in [-0.15, -0.1) is 0 Å². The summed E-state index contributed by atoms with van der Waals surface area (Å²) in [6.45, 7) is 14.1. The number of aliphatic carboxylic acids is 1. The molecule has 0 radical (unpaired) electrons. The summed E-state index contributed by atoms with van der Waals surface area (Å²) in [7, 11) is 0. The summed E-state index contributed by atoms with van der Waals surface area (Å²) in [6, 6.07) is 6.05. The Balaban J connectivity index is 0.965. The first-order chi connectivity index (χ1) is 36.0. The van der Waals surface area contributed by atoms with E-state index in [4.69, 9.17) is 33.2 Å². The molecule has 3 heterocycles. The van der Waals surface area contributed by atoms with Gasteiger partial charge in [-0.3, -0.25) is 4.79 Å². The predicted molar refractivity (Wildman–Crippen MR) is 267 cm³/mol. The summed E-state index contributed by atoms with van der Waals surface area (Å²) in [6.07, 6.45) is -16.3. The van der Waals surface area contributed by atoms with Crippen LogP contribution in [-0.4, -0.2) is 186 Å². The second-order valence-electron chi connectivity index (χ2n) is 25.5. The molecule has 430 valence electrons. The average Bonchev–Trinajstić information content (AvgIpc) is 3.45. The highest BCUT2D eigenvalue weighted by Gasteiger charge is 2.72. The number of aliphatic hydroxyl groups is 9. The number of carbonyl (C=O) groups is 3. The zero-order chi connectivity index (χ0) is 56.1.